The van der Waals surface area contributed by atoms with Gasteiger partial charge in [-0.2, -0.15) is 5.10 Å². The van der Waals surface area contributed by atoms with Crippen molar-refractivity contribution in [3.05, 3.63) is 47.2 Å². The molecular weight excluding hydrogens is 244 g/mol. The van der Waals surface area contributed by atoms with Crippen molar-refractivity contribution in [1.82, 2.24) is 10.2 Å². The second kappa shape index (κ2) is 5.96. The molecule has 0 N–H and O–H groups in total. The average molecular weight is 261 g/mol. The number of hydrogen-bond acceptors (Lipinski definition) is 2. The molecule has 2 rings (SSSR count). The molecule has 0 radical (unpaired) electrons. The Balaban J connectivity index is 2.48. The van der Waals surface area contributed by atoms with Crippen molar-refractivity contribution in [2.24, 2.45) is 0 Å². The first-order valence-electron chi connectivity index (χ1n) is 6.31. The predicted molar refractivity (Wildman–Crippen MR) is 75.8 cm³/mol. The maximum absolute atomic E-state index is 5.97. The SMILES string of the molecule is CCC[C@H](C)c1nnc(Cl)cc1-c1ccccc1. The molecule has 0 amide bonds. The molecule has 0 fully saturated rings. The minimum Gasteiger partial charge on any atom is -0.153 e. The lowest BCUT2D eigenvalue weighted by molar-refractivity contribution is 0.638. The van der Waals surface area contributed by atoms with E-state index in [0.717, 1.165) is 29.7 Å². The number of hydrogen-bond donors (Lipinski definition) is 0. The first-order chi connectivity index (χ1) is 8.72. The van der Waals surface area contributed by atoms with Crippen LogP contribution in [-0.4, -0.2) is 10.2 Å². The van der Waals surface area contributed by atoms with Crippen LogP contribution in [0.2, 0.25) is 5.15 Å². The summed E-state index contributed by atoms with van der Waals surface area (Å²) in [4.78, 5) is 0. The Bertz CT molecular complexity index is 511. The van der Waals surface area contributed by atoms with Gasteiger partial charge in [0.25, 0.3) is 0 Å². The molecular formula is C15H17ClN2. The van der Waals surface area contributed by atoms with E-state index in [4.69, 9.17) is 11.6 Å². The van der Waals surface area contributed by atoms with Crippen molar-refractivity contribution in [2.45, 2.75) is 32.6 Å². The van der Waals surface area contributed by atoms with Crippen molar-refractivity contribution in [3.8, 4) is 11.1 Å². The molecule has 0 saturated carbocycles. The Hall–Kier alpha value is -1.41. The quantitative estimate of drug-likeness (QED) is 0.796. The van der Waals surface area contributed by atoms with Gasteiger partial charge in [-0.1, -0.05) is 62.2 Å². The van der Waals surface area contributed by atoms with Crippen molar-refractivity contribution in [2.75, 3.05) is 0 Å². The fourth-order valence-corrected chi connectivity index (χ4v) is 2.31. The van der Waals surface area contributed by atoms with Crippen LogP contribution in [0, 0.1) is 0 Å². The zero-order valence-electron chi connectivity index (χ0n) is 10.7. The fourth-order valence-electron chi connectivity index (χ4n) is 2.16. The zero-order chi connectivity index (χ0) is 13.0. The fraction of sp³-hybridized carbons (Fsp3) is 0.333. The van der Waals surface area contributed by atoms with Crippen LogP contribution >= 0.6 is 11.6 Å². The molecule has 0 saturated heterocycles. The molecule has 0 aliphatic heterocycles. The van der Waals surface area contributed by atoms with Crippen LogP contribution in [0.1, 0.15) is 38.3 Å². The van der Waals surface area contributed by atoms with Crippen LogP contribution in [0.15, 0.2) is 36.4 Å². The van der Waals surface area contributed by atoms with Gasteiger partial charge in [-0.3, -0.25) is 0 Å². The molecule has 94 valence electrons. The van der Waals surface area contributed by atoms with Gasteiger partial charge < -0.3 is 0 Å². The molecule has 0 aliphatic rings. The predicted octanol–water partition coefficient (Wildman–Crippen LogP) is 4.70. The van der Waals surface area contributed by atoms with Crippen molar-refractivity contribution < 1.29 is 0 Å². The number of aromatic nitrogens is 2. The first-order valence-corrected chi connectivity index (χ1v) is 6.68. The van der Waals surface area contributed by atoms with Gasteiger partial charge in [0.1, 0.15) is 0 Å². The maximum atomic E-state index is 5.97. The van der Waals surface area contributed by atoms with E-state index in [1.807, 2.05) is 24.3 Å². The van der Waals surface area contributed by atoms with Crippen molar-refractivity contribution in [3.63, 3.8) is 0 Å². The van der Waals surface area contributed by atoms with Gasteiger partial charge in [-0.05, 0) is 18.1 Å². The van der Waals surface area contributed by atoms with Crippen molar-refractivity contribution >= 4 is 11.6 Å². The Morgan fingerprint density at radius 1 is 1.17 bits per heavy atom. The lowest BCUT2D eigenvalue weighted by atomic mass is 9.94. The Morgan fingerprint density at radius 3 is 2.56 bits per heavy atom. The molecule has 2 aromatic rings. The summed E-state index contributed by atoms with van der Waals surface area (Å²) in [6, 6.07) is 12.1. The molecule has 3 heteroatoms. The van der Waals surface area contributed by atoms with E-state index in [-0.39, 0.29) is 0 Å². The van der Waals surface area contributed by atoms with Crippen LogP contribution in [0.25, 0.3) is 11.1 Å². The molecule has 0 bridgehead atoms. The van der Waals surface area contributed by atoms with Gasteiger partial charge in [0.15, 0.2) is 5.15 Å². The normalized spacial score (nSPS) is 12.4. The molecule has 0 spiro atoms. The van der Waals surface area contributed by atoms with Crippen LogP contribution in [0.4, 0.5) is 0 Å². The Kier molecular flexibility index (Phi) is 4.32. The van der Waals surface area contributed by atoms with Gasteiger partial charge >= 0.3 is 0 Å². The third-order valence-corrected chi connectivity index (χ3v) is 3.25. The van der Waals surface area contributed by atoms with E-state index in [0.29, 0.717) is 11.1 Å². The summed E-state index contributed by atoms with van der Waals surface area (Å²) in [5.41, 5.74) is 3.27. The summed E-state index contributed by atoms with van der Waals surface area (Å²) in [7, 11) is 0. The summed E-state index contributed by atoms with van der Waals surface area (Å²) >= 11 is 5.97. The summed E-state index contributed by atoms with van der Waals surface area (Å²) in [5.74, 6) is 0.398. The van der Waals surface area contributed by atoms with E-state index in [2.05, 4.69) is 36.2 Å². The van der Waals surface area contributed by atoms with Gasteiger partial charge in [-0.15, -0.1) is 5.10 Å². The highest BCUT2D eigenvalue weighted by Gasteiger charge is 2.14. The molecule has 1 atom stereocenters. The van der Waals surface area contributed by atoms with E-state index in [9.17, 15) is 0 Å². The number of halogens is 1. The average Bonchev–Trinajstić information content (AvgIpc) is 2.40. The molecule has 0 unspecified atom stereocenters. The van der Waals surface area contributed by atoms with E-state index >= 15 is 0 Å². The minimum atomic E-state index is 0.398. The summed E-state index contributed by atoms with van der Waals surface area (Å²) < 4.78 is 0. The van der Waals surface area contributed by atoms with Crippen molar-refractivity contribution in [1.29, 1.82) is 0 Å². The number of benzene rings is 1. The van der Waals surface area contributed by atoms with Gasteiger partial charge in [0.2, 0.25) is 0 Å². The topological polar surface area (TPSA) is 25.8 Å². The second-order valence-corrected chi connectivity index (χ2v) is 4.91. The van der Waals surface area contributed by atoms with Crippen LogP contribution < -0.4 is 0 Å². The lowest BCUT2D eigenvalue weighted by Gasteiger charge is -2.14. The Labute approximate surface area is 113 Å². The highest BCUT2D eigenvalue weighted by Crippen LogP contribution is 2.30. The number of nitrogens with zero attached hydrogens (tertiary/aromatic N) is 2. The molecule has 1 aromatic heterocycles. The van der Waals surface area contributed by atoms with E-state index in [1.54, 1.807) is 0 Å². The monoisotopic (exact) mass is 260 g/mol. The van der Waals surface area contributed by atoms with Gasteiger partial charge in [0.05, 0.1) is 5.69 Å². The summed E-state index contributed by atoms with van der Waals surface area (Å²) in [5, 5.41) is 8.72. The highest BCUT2D eigenvalue weighted by atomic mass is 35.5. The van der Waals surface area contributed by atoms with E-state index in [1.165, 1.54) is 0 Å². The third-order valence-electron chi connectivity index (χ3n) is 3.07. The largest absolute Gasteiger partial charge is 0.153 e. The van der Waals surface area contributed by atoms with Gasteiger partial charge in [-0.25, -0.2) is 0 Å². The third kappa shape index (κ3) is 2.88. The molecule has 1 heterocycles. The molecule has 2 nitrogen and oxygen atoms in total. The highest BCUT2D eigenvalue weighted by molar-refractivity contribution is 6.29. The Morgan fingerprint density at radius 2 is 1.89 bits per heavy atom. The van der Waals surface area contributed by atoms with Crippen LogP contribution in [0.3, 0.4) is 0 Å². The standard InChI is InChI=1S/C15H17ClN2/c1-3-7-11(2)15-13(10-14(16)17-18-15)12-8-5-4-6-9-12/h4-6,8-11H,3,7H2,1-2H3/t11-/m0/s1. The van der Waals surface area contributed by atoms with E-state index < -0.39 is 0 Å². The molecule has 1 aromatic carbocycles. The lowest BCUT2D eigenvalue weighted by Crippen LogP contribution is -2.02. The summed E-state index contributed by atoms with van der Waals surface area (Å²) in [6.45, 7) is 4.37. The van der Waals surface area contributed by atoms with Crippen LogP contribution in [-0.2, 0) is 0 Å². The second-order valence-electron chi connectivity index (χ2n) is 4.52. The molecule has 18 heavy (non-hydrogen) atoms. The maximum Gasteiger partial charge on any atom is 0.152 e. The minimum absolute atomic E-state index is 0.398. The summed E-state index contributed by atoms with van der Waals surface area (Å²) in [6.07, 6.45) is 2.25. The van der Waals surface area contributed by atoms with Gasteiger partial charge in [0, 0.05) is 11.5 Å². The smallest absolute Gasteiger partial charge is 0.152 e. The van der Waals surface area contributed by atoms with Crippen LogP contribution in [0.5, 0.6) is 0 Å². The zero-order valence-corrected chi connectivity index (χ0v) is 11.5. The molecule has 0 aliphatic carbocycles. The number of rotatable bonds is 4. The first kappa shape index (κ1) is 13.0.